The molecule has 2 N–H and O–H groups in total. The predicted molar refractivity (Wildman–Crippen MR) is 114 cm³/mol. The fourth-order valence-corrected chi connectivity index (χ4v) is 6.65. The third-order valence-electron chi connectivity index (χ3n) is 5.97. The number of ether oxygens (including phenoxy) is 3. The standard InChI is InChI=1S/C22H26ClFO6S/c1-2-28-21(27)14-9-22(29-16(10-25)17(11-26)30-22)6-5-18(14)31-19-4-3-12-7-13(24)8-15(23)20(12)19/h7-9,16-19,25-26H,2-6,10-11H2,1H3/t16-,17-,18-,19+/m1/s1. The van der Waals surface area contributed by atoms with Gasteiger partial charge in [0.2, 0.25) is 0 Å². The van der Waals surface area contributed by atoms with Gasteiger partial charge in [-0.1, -0.05) is 11.6 Å². The van der Waals surface area contributed by atoms with Crippen LogP contribution in [0.5, 0.6) is 0 Å². The second-order valence-electron chi connectivity index (χ2n) is 7.96. The Morgan fingerprint density at radius 2 is 1.97 bits per heavy atom. The molecule has 0 saturated carbocycles. The maximum absolute atomic E-state index is 13.7. The molecule has 1 aliphatic heterocycles. The van der Waals surface area contributed by atoms with E-state index in [9.17, 15) is 19.4 Å². The second kappa shape index (κ2) is 9.37. The van der Waals surface area contributed by atoms with Gasteiger partial charge in [-0.3, -0.25) is 0 Å². The van der Waals surface area contributed by atoms with Crippen molar-refractivity contribution in [3.63, 3.8) is 0 Å². The maximum atomic E-state index is 13.7. The number of thioether (sulfide) groups is 1. The quantitative estimate of drug-likeness (QED) is 0.614. The van der Waals surface area contributed by atoms with E-state index in [4.69, 9.17) is 25.8 Å². The normalized spacial score (nSPS) is 29.1. The van der Waals surface area contributed by atoms with Crippen molar-refractivity contribution in [2.75, 3.05) is 19.8 Å². The van der Waals surface area contributed by atoms with Crippen molar-refractivity contribution in [1.82, 2.24) is 0 Å². The van der Waals surface area contributed by atoms with Crippen LogP contribution in [0.2, 0.25) is 5.02 Å². The molecule has 4 rings (SSSR count). The van der Waals surface area contributed by atoms with Crippen LogP contribution < -0.4 is 0 Å². The Bertz CT molecular complexity index is 866. The molecule has 170 valence electrons. The zero-order valence-corrected chi connectivity index (χ0v) is 18.8. The molecule has 31 heavy (non-hydrogen) atoms. The van der Waals surface area contributed by atoms with Crippen LogP contribution in [0.4, 0.5) is 4.39 Å². The summed E-state index contributed by atoms with van der Waals surface area (Å²) in [6, 6.07) is 2.87. The van der Waals surface area contributed by atoms with E-state index in [2.05, 4.69) is 0 Å². The number of fused-ring (bicyclic) bond motifs is 1. The number of hydrogen-bond donors (Lipinski definition) is 2. The van der Waals surface area contributed by atoms with Gasteiger partial charge < -0.3 is 24.4 Å². The zero-order chi connectivity index (χ0) is 22.2. The van der Waals surface area contributed by atoms with Gasteiger partial charge in [-0.2, -0.15) is 0 Å². The number of hydrogen-bond acceptors (Lipinski definition) is 7. The van der Waals surface area contributed by atoms with Crippen LogP contribution in [0.15, 0.2) is 23.8 Å². The highest BCUT2D eigenvalue weighted by atomic mass is 35.5. The lowest BCUT2D eigenvalue weighted by Gasteiger charge is -2.34. The van der Waals surface area contributed by atoms with E-state index in [1.807, 2.05) is 0 Å². The highest BCUT2D eigenvalue weighted by Gasteiger charge is 2.50. The summed E-state index contributed by atoms with van der Waals surface area (Å²) in [5.41, 5.74) is 2.29. The Morgan fingerprint density at radius 1 is 1.26 bits per heavy atom. The van der Waals surface area contributed by atoms with Crippen LogP contribution in [0, 0.1) is 5.82 Å². The summed E-state index contributed by atoms with van der Waals surface area (Å²) in [6.45, 7) is 1.40. The maximum Gasteiger partial charge on any atom is 0.335 e. The van der Waals surface area contributed by atoms with E-state index in [0.717, 1.165) is 24.0 Å². The summed E-state index contributed by atoms with van der Waals surface area (Å²) < 4.78 is 30.9. The summed E-state index contributed by atoms with van der Waals surface area (Å²) >= 11 is 7.97. The fraction of sp³-hybridized carbons (Fsp3) is 0.591. The molecule has 1 saturated heterocycles. The molecule has 0 aromatic heterocycles. The first kappa shape index (κ1) is 23.0. The third kappa shape index (κ3) is 4.51. The van der Waals surface area contributed by atoms with Crippen molar-refractivity contribution in [1.29, 1.82) is 0 Å². The minimum Gasteiger partial charge on any atom is -0.463 e. The molecule has 9 heteroatoms. The smallest absolute Gasteiger partial charge is 0.335 e. The van der Waals surface area contributed by atoms with E-state index in [1.165, 1.54) is 12.1 Å². The van der Waals surface area contributed by atoms with Crippen LogP contribution in [0.25, 0.3) is 0 Å². The molecule has 1 fully saturated rings. The molecule has 1 heterocycles. The number of esters is 1. The lowest BCUT2D eigenvalue weighted by Crippen LogP contribution is -2.37. The molecule has 1 spiro atoms. The fourth-order valence-electron chi connectivity index (χ4n) is 4.59. The van der Waals surface area contributed by atoms with E-state index in [-0.39, 0.29) is 36.1 Å². The summed E-state index contributed by atoms with van der Waals surface area (Å²) in [7, 11) is 0. The molecular weight excluding hydrogens is 447 g/mol. The molecule has 0 amide bonds. The molecule has 0 bridgehead atoms. The topological polar surface area (TPSA) is 85.2 Å². The predicted octanol–water partition coefficient (Wildman–Crippen LogP) is 3.32. The highest BCUT2D eigenvalue weighted by molar-refractivity contribution is 8.00. The highest BCUT2D eigenvalue weighted by Crippen LogP contribution is 2.51. The number of halogens is 2. The van der Waals surface area contributed by atoms with Gasteiger partial charge in [0, 0.05) is 21.9 Å². The Hall–Kier alpha value is -1.16. The number of aryl methyl sites for hydroxylation is 1. The van der Waals surface area contributed by atoms with Gasteiger partial charge in [-0.25, -0.2) is 9.18 Å². The van der Waals surface area contributed by atoms with E-state index in [1.54, 1.807) is 24.8 Å². The molecule has 6 nitrogen and oxygen atoms in total. The van der Waals surface area contributed by atoms with E-state index in [0.29, 0.717) is 23.4 Å². The van der Waals surface area contributed by atoms with E-state index >= 15 is 0 Å². The van der Waals surface area contributed by atoms with Gasteiger partial charge in [0.05, 0.1) is 25.4 Å². The van der Waals surface area contributed by atoms with Gasteiger partial charge in [0.25, 0.3) is 0 Å². The van der Waals surface area contributed by atoms with Crippen molar-refractivity contribution in [2.45, 2.75) is 61.1 Å². The number of aliphatic hydroxyl groups is 2. The van der Waals surface area contributed by atoms with Gasteiger partial charge >= 0.3 is 5.97 Å². The third-order valence-corrected chi connectivity index (χ3v) is 7.90. The molecule has 0 radical (unpaired) electrons. The summed E-state index contributed by atoms with van der Waals surface area (Å²) in [5.74, 6) is -1.95. The lowest BCUT2D eigenvalue weighted by molar-refractivity contribution is -0.154. The first-order valence-corrected chi connectivity index (χ1v) is 11.8. The van der Waals surface area contributed by atoms with Crippen molar-refractivity contribution in [3.8, 4) is 0 Å². The monoisotopic (exact) mass is 472 g/mol. The number of carbonyl (C=O) groups excluding carboxylic acids is 1. The van der Waals surface area contributed by atoms with Crippen LogP contribution >= 0.6 is 23.4 Å². The average molecular weight is 473 g/mol. The molecule has 3 aliphatic rings. The summed E-state index contributed by atoms with van der Waals surface area (Å²) in [6.07, 6.45) is 2.92. The van der Waals surface area contributed by atoms with Crippen molar-refractivity contribution in [3.05, 3.63) is 45.7 Å². The molecule has 1 aromatic rings. The van der Waals surface area contributed by atoms with Crippen LogP contribution in [-0.4, -0.2) is 59.2 Å². The van der Waals surface area contributed by atoms with Gasteiger partial charge in [0.15, 0.2) is 5.79 Å². The van der Waals surface area contributed by atoms with Gasteiger partial charge in [-0.05, 0) is 55.5 Å². The van der Waals surface area contributed by atoms with Crippen molar-refractivity contribution < 1.29 is 33.6 Å². The summed E-state index contributed by atoms with van der Waals surface area (Å²) in [5, 5.41) is 19.4. The Kier molecular flexibility index (Phi) is 6.96. The second-order valence-corrected chi connectivity index (χ2v) is 9.78. The van der Waals surface area contributed by atoms with Gasteiger partial charge in [-0.15, -0.1) is 11.8 Å². The first-order valence-electron chi connectivity index (χ1n) is 10.5. The summed E-state index contributed by atoms with van der Waals surface area (Å²) in [4.78, 5) is 12.8. The molecule has 1 aromatic carbocycles. The number of aliphatic hydroxyl groups excluding tert-OH is 2. The molecule has 2 aliphatic carbocycles. The Labute approximate surface area is 189 Å². The first-order chi connectivity index (χ1) is 14.9. The lowest BCUT2D eigenvalue weighted by atomic mass is 9.94. The Morgan fingerprint density at radius 3 is 2.61 bits per heavy atom. The number of benzene rings is 1. The number of rotatable bonds is 6. The molecule has 4 atom stereocenters. The zero-order valence-electron chi connectivity index (χ0n) is 17.2. The van der Waals surface area contributed by atoms with Gasteiger partial charge in [0.1, 0.15) is 18.0 Å². The minimum absolute atomic E-state index is 0.0424. The van der Waals surface area contributed by atoms with Crippen molar-refractivity contribution in [2.24, 2.45) is 0 Å². The van der Waals surface area contributed by atoms with E-state index < -0.39 is 24.0 Å². The molecule has 0 unspecified atom stereocenters. The molecular formula is C22H26ClFO6S. The van der Waals surface area contributed by atoms with Crippen LogP contribution in [-0.2, 0) is 25.4 Å². The Balaban J connectivity index is 1.60. The largest absolute Gasteiger partial charge is 0.463 e. The van der Waals surface area contributed by atoms with Crippen molar-refractivity contribution >= 4 is 29.3 Å². The minimum atomic E-state index is -1.17. The SMILES string of the molecule is CCOC(=O)C1=CC2(CC[C@H]1S[C@H]1CCc3cc(F)cc(Cl)c31)O[C@H](CO)[C@@H](CO)O2. The van der Waals surface area contributed by atoms with Crippen LogP contribution in [0.3, 0.4) is 0 Å². The number of carbonyl (C=O) groups is 1. The van der Waals surface area contributed by atoms with Crippen LogP contribution in [0.1, 0.15) is 42.6 Å². The average Bonchev–Trinajstić information content (AvgIpc) is 3.30.